The smallest absolute Gasteiger partial charge is 0.160 e. The summed E-state index contributed by atoms with van der Waals surface area (Å²) in [5, 5.41) is 8.90. The van der Waals surface area contributed by atoms with Gasteiger partial charge in [0.15, 0.2) is 5.78 Å². The van der Waals surface area contributed by atoms with Gasteiger partial charge in [-0.2, -0.15) is 0 Å². The maximum absolute atomic E-state index is 11.6. The van der Waals surface area contributed by atoms with Gasteiger partial charge in [0.25, 0.3) is 0 Å². The van der Waals surface area contributed by atoms with Crippen molar-refractivity contribution in [1.82, 2.24) is 0 Å². The van der Waals surface area contributed by atoms with Crippen molar-refractivity contribution in [3.05, 3.63) is 47.5 Å². The third-order valence-electron chi connectivity index (χ3n) is 2.98. The average molecular weight is 228 g/mol. The van der Waals surface area contributed by atoms with Gasteiger partial charge in [0.2, 0.25) is 0 Å². The van der Waals surface area contributed by atoms with E-state index in [0.29, 0.717) is 0 Å². The minimum atomic E-state index is 0.0939. The number of rotatable bonds is 4. The minimum absolute atomic E-state index is 0.0939. The van der Waals surface area contributed by atoms with Crippen LogP contribution in [0.3, 0.4) is 0 Å². The number of ketones is 1. The number of aliphatic hydroxyl groups excluding tert-OH is 1. The average Bonchev–Trinajstić information content (AvgIpc) is 2.49. The van der Waals surface area contributed by atoms with E-state index in [9.17, 15) is 4.79 Å². The molecule has 0 saturated heterocycles. The second-order valence-corrected chi connectivity index (χ2v) is 4.20. The van der Waals surface area contributed by atoms with Crippen LogP contribution in [0.5, 0.6) is 0 Å². The van der Waals surface area contributed by atoms with Crippen LogP contribution in [-0.2, 0) is 6.42 Å². The molecule has 0 radical (unpaired) electrons. The number of Topliss-reactive ketones (excluding diaryl/α,β-unsaturated/α-hetero) is 1. The first kappa shape index (κ1) is 11.8. The Kier molecular flexibility index (Phi) is 3.55. The molecule has 0 unspecified atom stereocenters. The predicted molar refractivity (Wildman–Crippen MR) is 68.5 cm³/mol. The Morgan fingerprint density at radius 1 is 1.18 bits per heavy atom. The molecule has 2 heteroatoms. The van der Waals surface area contributed by atoms with Gasteiger partial charge in [0.05, 0.1) is 0 Å². The lowest BCUT2D eigenvalue weighted by Gasteiger charge is -2.00. The molecule has 0 aliphatic heterocycles. The zero-order valence-electron chi connectivity index (χ0n) is 9.94. The Bertz CT molecular complexity index is 502. The second-order valence-electron chi connectivity index (χ2n) is 4.20. The van der Waals surface area contributed by atoms with E-state index in [2.05, 4.69) is 0 Å². The molecule has 0 saturated carbocycles. The topological polar surface area (TPSA) is 37.3 Å². The predicted octanol–water partition coefficient (Wildman–Crippen LogP) is 2.92. The number of hydrogen-bond donors (Lipinski definition) is 1. The van der Waals surface area contributed by atoms with Crippen LogP contribution in [0, 0.1) is 0 Å². The lowest BCUT2D eigenvalue weighted by Crippen LogP contribution is -1.89. The molecule has 17 heavy (non-hydrogen) atoms. The van der Waals surface area contributed by atoms with Gasteiger partial charge in [0, 0.05) is 12.2 Å². The Balaban J connectivity index is 2.52. The molecule has 2 aliphatic carbocycles. The number of aryl methyl sites for hydroxylation is 1. The van der Waals surface area contributed by atoms with Crippen molar-refractivity contribution in [3.8, 4) is 11.1 Å². The molecule has 0 aromatic rings. The molecule has 0 heterocycles. The lowest BCUT2D eigenvalue weighted by atomic mass is 10.0. The summed E-state index contributed by atoms with van der Waals surface area (Å²) in [6, 6.07) is 11.9. The fourth-order valence-electron chi connectivity index (χ4n) is 2.16. The number of carbonyl (C=O) groups is 1. The summed E-state index contributed by atoms with van der Waals surface area (Å²) >= 11 is 0. The van der Waals surface area contributed by atoms with Crippen LogP contribution < -0.4 is 0 Å². The molecule has 88 valence electrons. The van der Waals surface area contributed by atoms with E-state index in [1.54, 1.807) is 6.92 Å². The van der Waals surface area contributed by atoms with Crippen LogP contribution >= 0.6 is 0 Å². The monoisotopic (exact) mass is 228 g/mol. The Morgan fingerprint density at radius 3 is 2.53 bits per heavy atom. The molecule has 2 aliphatic rings. The van der Waals surface area contributed by atoms with E-state index in [1.807, 2.05) is 36.4 Å². The summed E-state index contributed by atoms with van der Waals surface area (Å²) < 4.78 is 0. The highest BCUT2D eigenvalue weighted by Gasteiger charge is 2.16. The summed E-state index contributed by atoms with van der Waals surface area (Å²) in [6.45, 7) is 1.78. The summed E-state index contributed by atoms with van der Waals surface area (Å²) in [4.78, 5) is 11.6. The van der Waals surface area contributed by atoms with Crippen molar-refractivity contribution in [1.29, 1.82) is 0 Å². The van der Waals surface area contributed by atoms with Crippen molar-refractivity contribution in [2.24, 2.45) is 0 Å². The normalized spacial score (nSPS) is 10.7. The highest BCUT2D eigenvalue weighted by Crippen LogP contribution is 2.32. The zero-order valence-corrected chi connectivity index (χ0v) is 9.94. The molecular formula is C15H16O2. The first-order valence-electron chi connectivity index (χ1n) is 5.86. The molecule has 2 rings (SSSR count). The maximum Gasteiger partial charge on any atom is 0.160 e. The van der Waals surface area contributed by atoms with Crippen LogP contribution in [-0.4, -0.2) is 17.5 Å². The fraction of sp³-hybridized carbons (Fsp3) is 0.267. The fourth-order valence-corrected chi connectivity index (χ4v) is 2.16. The summed E-state index contributed by atoms with van der Waals surface area (Å²) in [6.07, 6.45) is 1.54. The van der Waals surface area contributed by atoms with Crippen LogP contribution in [0.15, 0.2) is 36.4 Å². The third-order valence-corrected chi connectivity index (χ3v) is 2.98. The molecule has 2 nitrogen and oxygen atoms in total. The summed E-state index contributed by atoms with van der Waals surface area (Å²) in [5.41, 5.74) is 4.06. The van der Waals surface area contributed by atoms with E-state index in [0.717, 1.165) is 35.1 Å². The van der Waals surface area contributed by atoms with Crippen LogP contribution in [0.1, 0.15) is 29.3 Å². The lowest BCUT2D eigenvalue weighted by molar-refractivity contribution is 0.101. The van der Waals surface area contributed by atoms with Crippen LogP contribution in [0.25, 0.3) is 11.1 Å². The maximum atomic E-state index is 11.6. The van der Waals surface area contributed by atoms with Gasteiger partial charge in [-0.3, -0.25) is 4.79 Å². The van der Waals surface area contributed by atoms with Crippen LogP contribution in [0.2, 0.25) is 0 Å². The van der Waals surface area contributed by atoms with Gasteiger partial charge in [0.1, 0.15) is 0 Å². The standard InChI is InChI=1S/C15H16O2/c1-11(17)15-10-12(6-5-9-16)13-7-3-2-4-8-14(13)15/h2-4,7-8,10,16H,5-6,9H2,1H3. The largest absolute Gasteiger partial charge is 0.396 e. The third kappa shape index (κ3) is 2.37. The molecule has 0 aromatic carbocycles. The molecule has 0 spiro atoms. The van der Waals surface area contributed by atoms with Crippen molar-refractivity contribution in [2.75, 3.05) is 6.61 Å². The Hall–Kier alpha value is -1.67. The first-order valence-corrected chi connectivity index (χ1v) is 5.86. The Morgan fingerprint density at radius 2 is 1.88 bits per heavy atom. The quantitative estimate of drug-likeness (QED) is 0.817. The van der Waals surface area contributed by atoms with E-state index in [4.69, 9.17) is 5.11 Å². The van der Waals surface area contributed by atoms with Gasteiger partial charge in [-0.25, -0.2) is 0 Å². The van der Waals surface area contributed by atoms with Crippen molar-refractivity contribution >= 4 is 5.78 Å². The molecule has 0 bridgehead atoms. The van der Waals surface area contributed by atoms with E-state index in [1.165, 1.54) is 0 Å². The Labute approximate surface area is 101 Å². The first-order chi connectivity index (χ1) is 8.24. The highest BCUT2D eigenvalue weighted by atomic mass is 16.2. The van der Waals surface area contributed by atoms with Crippen molar-refractivity contribution in [2.45, 2.75) is 19.8 Å². The van der Waals surface area contributed by atoms with Gasteiger partial charge in [-0.15, -0.1) is 0 Å². The highest BCUT2D eigenvalue weighted by molar-refractivity contribution is 6.03. The van der Waals surface area contributed by atoms with Gasteiger partial charge in [-0.1, -0.05) is 30.3 Å². The van der Waals surface area contributed by atoms with Gasteiger partial charge < -0.3 is 5.11 Å². The summed E-state index contributed by atoms with van der Waals surface area (Å²) in [7, 11) is 0. The number of fused-ring (bicyclic) bond motifs is 1. The molecular weight excluding hydrogens is 212 g/mol. The van der Waals surface area contributed by atoms with Crippen LogP contribution in [0.4, 0.5) is 0 Å². The molecule has 0 atom stereocenters. The molecule has 1 N–H and O–H groups in total. The number of hydrogen-bond acceptors (Lipinski definition) is 2. The molecule has 0 aromatic heterocycles. The summed E-state index contributed by atoms with van der Waals surface area (Å²) in [5.74, 6) is 0.0939. The van der Waals surface area contributed by atoms with E-state index in [-0.39, 0.29) is 12.4 Å². The zero-order chi connectivity index (χ0) is 12.3. The van der Waals surface area contributed by atoms with Gasteiger partial charge in [-0.05, 0) is 42.5 Å². The van der Waals surface area contributed by atoms with Gasteiger partial charge >= 0.3 is 0 Å². The van der Waals surface area contributed by atoms with E-state index < -0.39 is 0 Å². The molecule has 0 amide bonds. The minimum Gasteiger partial charge on any atom is -0.396 e. The second kappa shape index (κ2) is 5.11. The number of carbonyl (C=O) groups excluding carboxylic acids is 1. The number of aliphatic hydroxyl groups is 1. The van der Waals surface area contributed by atoms with Crippen molar-refractivity contribution < 1.29 is 9.90 Å². The SMILES string of the molecule is CC(=O)c1cc(CCCO)c2cccccc1-2. The molecule has 0 fully saturated rings. The van der Waals surface area contributed by atoms with E-state index >= 15 is 0 Å². The van der Waals surface area contributed by atoms with Crippen molar-refractivity contribution in [3.63, 3.8) is 0 Å².